The first-order chi connectivity index (χ1) is 25.8. The van der Waals surface area contributed by atoms with Gasteiger partial charge in [-0.25, -0.2) is 4.57 Å². The van der Waals surface area contributed by atoms with Crippen LogP contribution in [0.25, 0.3) is 0 Å². The Bertz CT molecular complexity index is 1050. The average molecular weight is 766 g/mol. The van der Waals surface area contributed by atoms with Crippen LogP contribution >= 0.6 is 7.82 Å². The van der Waals surface area contributed by atoms with Crippen molar-refractivity contribution in [3.05, 3.63) is 73.1 Å². The second kappa shape index (κ2) is 39.4. The Morgan fingerprint density at radius 2 is 1.25 bits per heavy atom. The van der Waals surface area contributed by atoms with Gasteiger partial charge in [-0.15, -0.1) is 0 Å². The van der Waals surface area contributed by atoms with Gasteiger partial charge in [-0.1, -0.05) is 152 Å². The van der Waals surface area contributed by atoms with Gasteiger partial charge in [0.05, 0.1) is 25.6 Å². The van der Waals surface area contributed by atoms with Crippen LogP contribution in [0.4, 0.5) is 0 Å². The van der Waals surface area contributed by atoms with E-state index in [4.69, 9.17) is 24.3 Å². The lowest BCUT2D eigenvalue weighted by Gasteiger charge is -2.19. The predicted molar refractivity (Wildman–Crippen MR) is 220 cm³/mol. The molecule has 0 aromatic heterocycles. The number of allylic oxidation sites excluding steroid dienone is 9. The Hall–Kier alpha value is -2.26. The minimum absolute atomic E-state index is 0.0438. The van der Waals surface area contributed by atoms with Crippen LogP contribution in [-0.4, -0.2) is 54.5 Å². The highest BCUT2D eigenvalue weighted by Gasteiger charge is 2.25. The third kappa shape index (κ3) is 39.3. The van der Waals surface area contributed by atoms with Crippen molar-refractivity contribution in [3.8, 4) is 0 Å². The summed E-state index contributed by atoms with van der Waals surface area (Å²) in [5.74, 6) is -0.467. The number of hydrogen-bond donors (Lipinski definition) is 3. The van der Waals surface area contributed by atoms with Crippen LogP contribution in [0.15, 0.2) is 73.1 Å². The van der Waals surface area contributed by atoms with Crippen molar-refractivity contribution in [2.75, 3.05) is 26.4 Å². The highest BCUT2D eigenvalue weighted by Crippen LogP contribution is 2.43. The zero-order valence-electron chi connectivity index (χ0n) is 33.3. The van der Waals surface area contributed by atoms with Gasteiger partial charge in [0.15, 0.2) is 6.10 Å². The summed E-state index contributed by atoms with van der Waals surface area (Å²) in [5.41, 5.74) is 5.34. The van der Waals surface area contributed by atoms with E-state index in [0.29, 0.717) is 25.7 Å². The summed E-state index contributed by atoms with van der Waals surface area (Å²) in [5, 5.41) is 10.1. The molecule has 3 atom stereocenters. The Labute approximate surface area is 323 Å². The van der Waals surface area contributed by atoms with Gasteiger partial charge in [-0.2, -0.15) is 0 Å². The molecule has 9 nitrogen and oxygen atoms in total. The summed E-state index contributed by atoms with van der Waals surface area (Å²) >= 11 is 0. The smallest absolute Gasteiger partial charge is 0.472 e. The maximum absolute atomic E-state index is 12.5. The van der Waals surface area contributed by atoms with Gasteiger partial charge in [-0.3, -0.25) is 13.8 Å². The molecule has 0 heterocycles. The molecule has 0 bridgehead atoms. The van der Waals surface area contributed by atoms with Gasteiger partial charge in [0, 0.05) is 13.0 Å². The van der Waals surface area contributed by atoms with E-state index in [1.165, 1.54) is 96.2 Å². The van der Waals surface area contributed by atoms with Crippen LogP contribution in [-0.2, 0) is 27.9 Å². The third-order valence-electron chi connectivity index (χ3n) is 8.27. The summed E-state index contributed by atoms with van der Waals surface area (Å²) in [4.78, 5) is 22.4. The normalized spacial score (nSPS) is 14.8. The second-order valence-corrected chi connectivity index (χ2v) is 14.9. The molecule has 0 amide bonds. The van der Waals surface area contributed by atoms with Crippen molar-refractivity contribution in [1.29, 1.82) is 0 Å². The molecule has 0 aliphatic heterocycles. The van der Waals surface area contributed by atoms with E-state index in [0.717, 1.165) is 19.3 Å². The summed E-state index contributed by atoms with van der Waals surface area (Å²) < 4.78 is 32.9. The van der Waals surface area contributed by atoms with Crippen LogP contribution in [0.2, 0.25) is 0 Å². The number of aliphatic hydroxyl groups excluding tert-OH is 1. The number of carbonyl (C=O) groups is 1. The quantitative estimate of drug-likeness (QED) is 0.0140. The number of phosphoric ester groups is 1. The first-order valence-electron chi connectivity index (χ1n) is 20.6. The van der Waals surface area contributed by atoms with Gasteiger partial charge in [0.2, 0.25) is 0 Å². The summed E-state index contributed by atoms with van der Waals surface area (Å²) in [6.07, 6.45) is 46.1. The lowest BCUT2D eigenvalue weighted by Crippen LogP contribution is -2.27. The highest BCUT2D eigenvalue weighted by molar-refractivity contribution is 7.47. The van der Waals surface area contributed by atoms with Gasteiger partial charge >= 0.3 is 13.8 Å². The minimum Gasteiger partial charge on any atom is -0.498 e. The molecule has 0 saturated carbocycles. The average Bonchev–Trinajstić information content (AvgIpc) is 3.14. The molecular weight excluding hydrogens is 689 g/mol. The van der Waals surface area contributed by atoms with E-state index in [-0.39, 0.29) is 32.8 Å². The lowest BCUT2D eigenvalue weighted by molar-refractivity contribution is -0.153. The fraction of sp³-hybridized carbons (Fsp3) is 0.698. The fourth-order valence-electron chi connectivity index (χ4n) is 5.20. The zero-order valence-corrected chi connectivity index (χ0v) is 34.2. The van der Waals surface area contributed by atoms with Crippen molar-refractivity contribution in [2.24, 2.45) is 5.73 Å². The predicted octanol–water partition coefficient (Wildman–Crippen LogP) is 11.3. The number of ether oxygens (including phenoxy) is 2. The van der Waals surface area contributed by atoms with Crippen LogP contribution in [0.3, 0.4) is 0 Å². The van der Waals surface area contributed by atoms with Gasteiger partial charge in [-0.05, 0) is 63.9 Å². The molecular formula is C43H76NO8P. The maximum Gasteiger partial charge on any atom is 0.472 e. The van der Waals surface area contributed by atoms with Crippen LogP contribution in [0.5, 0.6) is 0 Å². The zero-order chi connectivity index (χ0) is 38.9. The monoisotopic (exact) mass is 766 g/mol. The van der Waals surface area contributed by atoms with E-state index in [2.05, 4.69) is 44.2 Å². The summed E-state index contributed by atoms with van der Waals surface area (Å²) in [7, 11) is -4.34. The summed E-state index contributed by atoms with van der Waals surface area (Å²) in [6.45, 7) is 3.97. The Morgan fingerprint density at radius 3 is 1.91 bits per heavy atom. The Balaban J connectivity index is 4.36. The van der Waals surface area contributed by atoms with Crippen LogP contribution < -0.4 is 5.73 Å². The molecule has 3 unspecified atom stereocenters. The molecule has 306 valence electrons. The van der Waals surface area contributed by atoms with Gasteiger partial charge in [0.1, 0.15) is 6.61 Å². The number of carbonyl (C=O) groups excluding carboxylic acids is 1. The maximum atomic E-state index is 12.5. The van der Waals surface area contributed by atoms with E-state index in [1.54, 1.807) is 6.08 Å². The SMILES string of the molecule is CCCCC/C=C\C/C=C\C=C/C(O)C/C=C\CCCC(=O)OC(CO/C=C\C/C=C\CCCCCCCCCCCCC)COP(=O)(O)OCCN. The van der Waals surface area contributed by atoms with Crippen molar-refractivity contribution in [2.45, 2.75) is 167 Å². The molecule has 0 aromatic rings. The first-order valence-corrected chi connectivity index (χ1v) is 22.1. The van der Waals surface area contributed by atoms with E-state index < -0.39 is 26.0 Å². The lowest BCUT2D eigenvalue weighted by atomic mass is 10.1. The van der Waals surface area contributed by atoms with Crippen molar-refractivity contribution in [1.82, 2.24) is 0 Å². The number of unbranched alkanes of at least 4 members (excludes halogenated alkanes) is 15. The number of esters is 1. The summed E-state index contributed by atoms with van der Waals surface area (Å²) in [6, 6.07) is 0. The number of aliphatic hydroxyl groups is 1. The molecule has 0 aromatic carbocycles. The van der Waals surface area contributed by atoms with E-state index in [9.17, 15) is 19.4 Å². The highest BCUT2D eigenvalue weighted by atomic mass is 31.2. The molecule has 10 heteroatoms. The third-order valence-corrected chi connectivity index (χ3v) is 9.26. The van der Waals surface area contributed by atoms with Crippen molar-refractivity contribution < 1.29 is 37.9 Å². The van der Waals surface area contributed by atoms with Crippen molar-refractivity contribution in [3.63, 3.8) is 0 Å². The molecule has 53 heavy (non-hydrogen) atoms. The second-order valence-electron chi connectivity index (χ2n) is 13.4. The van der Waals surface area contributed by atoms with E-state index >= 15 is 0 Å². The Kier molecular flexibility index (Phi) is 37.8. The molecule has 0 rings (SSSR count). The van der Waals surface area contributed by atoms with Gasteiger partial charge in [0.25, 0.3) is 0 Å². The fourth-order valence-corrected chi connectivity index (χ4v) is 5.97. The first kappa shape index (κ1) is 50.7. The number of nitrogens with two attached hydrogens (primary N) is 1. The topological polar surface area (TPSA) is 138 Å². The number of rotatable bonds is 38. The standard InChI is InChI=1S/C43H76NO8P/c1-3-5-7-9-11-13-15-16-17-18-19-20-22-24-28-32-37-49-39-42(40-51-53(47,48)50-38-36-44)52-43(46)35-31-27-26-30-34-41(45)33-29-25-23-21-14-12-10-8-6-4-2/h12,14,22-26,29-30,32-33,37,41-42,45H,3-11,13,15-21,27-28,31,34-36,38-40,44H2,1-2H3,(H,47,48)/b14-12-,24-22-,25-23-,30-26-,33-29-,37-32-. The van der Waals surface area contributed by atoms with Gasteiger partial charge < -0.3 is 25.2 Å². The molecule has 0 radical (unpaired) electrons. The largest absolute Gasteiger partial charge is 0.498 e. The number of phosphoric acid groups is 1. The van der Waals surface area contributed by atoms with Crippen LogP contribution in [0, 0.1) is 0 Å². The van der Waals surface area contributed by atoms with Crippen molar-refractivity contribution >= 4 is 13.8 Å². The number of hydrogen-bond acceptors (Lipinski definition) is 8. The molecule has 0 aliphatic carbocycles. The molecule has 0 saturated heterocycles. The molecule has 4 N–H and O–H groups in total. The Morgan fingerprint density at radius 1 is 0.679 bits per heavy atom. The minimum atomic E-state index is -4.34. The van der Waals surface area contributed by atoms with E-state index in [1.807, 2.05) is 30.4 Å². The van der Waals surface area contributed by atoms with Crippen LogP contribution in [0.1, 0.15) is 155 Å². The molecule has 0 fully saturated rings. The molecule has 0 spiro atoms. The molecule has 0 aliphatic rings.